The zero-order valence-corrected chi connectivity index (χ0v) is 14.3. The minimum absolute atomic E-state index is 0.0332. The topological polar surface area (TPSA) is 26.3 Å². The van der Waals surface area contributed by atoms with Crippen molar-refractivity contribution >= 4 is 44.3 Å². The zero-order chi connectivity index (χ0) is 14.0. The summed E-state index contributed by atoms with van der Waals surface area (Å²) in [7, 11) is 1.62. The lowest BCUT2D eigenvalue weighted by Gasteiger charge is -2.09. The molecule has 98 valence electrons. The molecular formula is C15H12BrIO2. The SMILES string of the molecule is COc1ccc(C(=O)c2cc(Br)ccc2I)c(C)c1. The molecule has 0 bridgehead atoms. The second kappa shape index (κ2) is 6.05. The summed E-state index contributed by atoms with van der Waals surface area (Å²) in [6.07, 6.45) is 0. The van der Waals surface area contributed by atoms with Crippen LogP contribution in [0.1, 0.15) is 21.5 Å². The molecule has 0 fully saturated rings. The highest BCUT2D eigenvalue weighted by atomic mass is 127. The number of carbonyl (C=O) groups excluding carboxylic acids is 1. The molecule has 0 unspecified atom stereocenters. The summed E-state index contributed by atoms with van der Waals surface area (Å²) in [5.74, 6) is 0.795. The van der Waals surface area contributed by atoms with Gasteiger partial charge in [-0.3, -0.25) is 4.79 Å². The minimum atomic E-state index is 0.0332. The minimum Gasteiger partial charge on any atom is -0.497 e. The average molecular weight is 431 g/mol. The molecule has 0 aromatic heterocycles. The summed E-state index contributed by atoms with van der Waals surface area (Å²) in [4.78, 5) is 12.6. The second-order valence-electron chi connectivity index (χ2n) is 4.13. The predicted molar refractivity (Wildman–Crippen MR) is 88.0 cm³/mol. The summed E-state index contributed by atoms with van der Waals surface area (Å²) >= 11 is 5.58. The van der Waals surface area contributed by atoms with Crippen molar-refractivity contribution in [1.82, 2.24) is 0 Å². The Morgan fingerprint density at radius 3 is 2.53 bits per heavy atom. The summed E-state index contributed by atoms with van der Waals surface area (Å²) in [6.45, 7) is 1.92. The van der Waals surface area contributed by atoms with Gasteiger partial charge in [0.05, 0.1) is 7.11 Å². The molecule has 2 aromatic rings. The monoisotopic (exact) mass is 430 g/mol. The maximum atomic E-state index is 12.6. The van der Waals surface area contributed by atoms with Crippen LogP contribution in [0.4, 0.5) is 0 Å². The standard InChI is InChI=1S/C15H12BrIO2/c1-9-7-11(19-2)4-5-12(9)15(18)13-8-10(16)3-6-14(13)17/h3-8H,1-2H3. The molecule has 0 aliphatic heterocycles. The van der Waals surface area contributed by atoms with Gasteiger partial charge in [-0.25, -0.2) is 0 Å². The summed E-state index contributed by atoms with van der Waals surface area (Å²) in [5, 5.41) is 0. The van der Waals surface area contributed by atoms with Gasteiger partial charge in [0.25, 0.3) is 0 Å². The van der Waals surface area contributed by atoms with Gasteiger partial charge in [-0.2, -0.15) is 0 Å². The van der Waals surface area contributed by atoms with E-state index in [1.807, 2.05) is 43.3 Å². The van der Waals surface area contributed by atoms with Crippen molar-refractivity contribution in [3.63, 3.8) is 0 Å². The quantitative estimate of drug-likeness (QED) is 0.525. The van der Waals surface area contributed by atoms with E-state index in [-0.39, 0.29) is 5.78 Å². The van der Waals surface area contributed by atoms with Crippen LogP contribution < -0.4 is 4.74 Å². The number of halogens is 2. The number of hydrogen-bond donors (Lipinski definition) is 0. The van der Waals surface area contributed by atoms with Crippen molar-refractivity contribution in [2.24, 2.45) is 0 Å². The fourth-order valence-electron chi connectivity index (χ4n) is 1.83. The molecule has 0 saturated heterocycles. The molecule has 0 saturated carbocycles. The molecule has 2 rings (SSSR count). The highest BCUT2D eigenvalue weighted by Crippen LogP contribution is 2.24. The van der Waals surface area contributed by atoms with Gasteiger partial charge in [-0.15, -0.1) is 0 Å². The summed E-state index contributed by atoms with van der Waals surface area (Å²) in [6, 6.07) is 11.2. The van der Waals surface area contributed by atoms with Crippen molar-refractivity contribution in [3.05, 3.63) is 61.1 Å². The van der Waals surface area contributed by atoms with E-state index in [1.54, 1.807) is 7.11 Å². The Hall–Kier alpha value is -0.880. The molecule has 2 aromatic carbocycles. The number of aryl methyl sites for hydroxylation is 1. The van der Waals surface area contributed by atoms with E-state index in [0.29, 0.717) is 11.1 Å². The van der Waals surface area contributed by atoms with Crippen LogP contribution >= 0.6 is 38.5 Å². The van der Waals surface area contributed by atoms with Crippen molar-refractivity contribution < 1.29 is 9.53 Å². The third-order valence-electron chi connectivity index (χ3n) is 2.85. The Morgan fingerprint density at radius 2 is 1.89 bits per heavy atom. The highest BCUT2D eigenvalue weighted by Gasteiger charge is 2.15. The van der Waals surface area contributed by atoms with E-state index in [1.165, 1.54) is 0 Å². The number of ketones is 1. The molecule has 0 spiro atoms. The Balaban J connectivity index is 2.47. The van der Waals surface area contributed by atoms with Crippen LogP contribution in [0.3, 0.4) is 0 Å². The molecule has 0 amide bonds. The second-order valence-corrected chi connectivity index (χ2v) is 6.21. The van der Waals surface area contributed by atoms with Crippen molar-refractivity contribution in [3.8, 4) is 5.75 Å². The molecule has 0 atom stereocenters. The van der Waals surface area contributed by atoms with Gasteiger partial charge >= 0.3 is 0 Å². The first-order valence-electron chi connectivity index (χ1n) is 5.67. The lowest BCUT2D eigenvalue weighted by atomic mass is 9.99. The maximum Gasteiger partial charge on any atom is 0.194 e. The van der Waals surface area contributed by atoms with Gasteiger partial charge in [0.15, 0.2) is 5.78 Å². The first-order valence-corrected chi connectivity index (χ1v) is 7.54. The smallest absolute Gasteiger partial charge is 0.194 e. The lowest BCUT2D eigenvalue weighted by Crippen LogP contribution is -2.06. The van der Waals surface area contributed by atoms with Gasteiger partial charge in [0, 0.05) is 19.2 Å². The lowest BCUT2D eigenvalue weighted by molar-refractivity contribution is 0.103. The fraction of sp³-hybridized carbons (Fsp3) is 0.133. The average Bonchev–Trinajstić information content (AvgIpc) is 2.40. The number of ether oxygens (including phenoxy) is 1. The number of hydrogen-bond acceptors (Lipinski definition) is 2. The van der Waals surface area contributed by atoms with Gasteiger partial charge in [0.2, 0.25) is 0 Å². The predicted octanol–water partition coefficient (Wildman–Crippen LogP) is 4.60. The maximum absolute atomic E-state index is 12.6. The molecule has 0 N–H and O–H groups in total. The van der Waals surface area contributed by atoms with E-state index >= 15 is 0 Å². The van der Waals surface area contributed by atoms with Crippen LogP contribution in [0.2, 0.25) is 0 Å². The van der Waals surface area contributed by atoms with Gasteiger partial charge in [0.1, 0.15) is 5.75 Å². The Bertz CT molecular complexity index is 638. The molecule has 2 nitrogen and oxygen atoms in total. The third-order valence-corrected chi connectivity index (χ3v) is 4.29. The van der Waals surface area contributed by atoms with E-state index in [2.05, 4.69) is 38.5 Å². The first-order chi connectivity index (χ1) is 9.02. The highest BCUT2D eigenvalue weighted by molar-refractivity contribution is 14.1. The Kier molecular flexibility index (Phi) is 4.62. The first kappa shape index (κ1) is 14.5. The normalized spacial score (nSPS) is 10.3. The fourth-order valence-corrected chi connectivity index (χ4v) is 2.78. The van der Waals surface area contributed by atoms with E-state index in [9.17, 15) is 4.79 Å². The molecule has 0 aliphatic carbocycles. The number of carbonyl (C=O) groups is 1. The number of methoxy groups -OCH3 is 1. The van der Waals surface area contributed by atoms with Crippen LogP contribution in [0.5, 0.6) is 5.75 Å². The summed E-state index contributed by atoms with van der Waals surface area (Å²) in [5.41, 5.74) is 2.33. The zero-order valence-electron chi connectivity index (χ0n) is 10.5. The van der Waals surface area contributed by atoms with Gasteiger partial charge in [-0.1, -0.05) is 15.9 Å². The van der Waals surface area contributed by atoms with Crippen LogP contribution in [0.25, 0.3) is 0 Å². The molecule has 0 heterocycles. The van der Waals surface area contributed by atoms with E-state index in [0.717, 1.165) is 19.4 Å². The van der Waals surface area contributed by atoms with Crippen LogP contribution in [0, 0.1) is 10.5 Å². The van der Waals surface area contributed by atoms with Crippen molar-refractivity contribution in [2.45, 2.75) is 6.92 Å². The van der Waals surface area contributed by atoms with Crippen LogP contribution in [-0.4, -0.2) is 12.9 Å². The Labute approximate surface area is 134 Å². The van der Waals surface area contributed by atoms with Gasteiger partial charge in [-0.05, 0) is 71.5 Å². The number of rotatable bonds is 3. The molecular weight excluding hydrogens is 419 g/mol. The molecule has 19 heavy (non-hydrogen) atoms. The van der Waals surface area contributed by atoms with Crippen LogP contribution in [-0.2, 0) is 0 Å². The largest absolute Gasteiger partial charge is 0.497 e. The van der Waals surface area contributed by atoms with Gasteiger partial charge < -0.3 is 4.74 Å². The van der Waals surface area contributed by atoms with Crippen LogP contribution in [0.15, 0.2) is 40.9 Å². The molecule has 4 heteroatoms. The van der Waals surface area contributed by atoms with E-state index < -0.39 is 0 Å². The number of benzene rings is 2. The van der Waals surface area contributed by atoms with Crippen molar-refractivity contribution in [2.75, 3.05) is 7.11 Å². The van der Waals surface area contributed by atoms with E-state index in [4.69, 9.17) is 4.74 Å². The molecule has 0 radical (unpaired) electrons. The van der Waals surface area contributed by atoms with Crippen molar-refractivity contribution in [1.29, 1.82) is 0 Å². The molecule has 0 aliphatic rings. The Morgan fingerprint density at radius 1 is 1.16 bits per heavy atom. The summed E-state index contributed by atoms with van der Waals surface area (Å²) < 4.78 is 7.01. The third kappa shape index (κ3) is 3.17.